The molecule has 1 aliphatic rings. The third-order valence-electron chi connectivity index (χ3n) is 2.88. The summed E-state index contributed by atoms with van der Waals surface area (Å²) in [6, 6.07) is 4.32. The third-order valence-corrected chi connectivity index (χ3v) is 3.47. The van der Waals surface area contributed by atoms with Gasteiger partial charge in [0, 0.05) is 12.5 Å². The van der Waals surface area contributed by atoms with Crippen molar-refractivity contribution in [1.82, 2.24) is 0 Å². The zero-order chi connectivity index (χ0) is 12.3. The molecule has 2 N–H and O–H groups in total. The van der Waals surface area contributed by atoms with Crippen LogP contribution in [0.1, 0.15) is 25.3 Å². The summed E-state index contributed by atoms with van der Waals surface area (Å²) in [5, 5.41) is 0. The van der Waals surface area contributed by atoms with Crippen molar-refractivity contribution in [2.24, 2.45) is 5.73 Å². The molecule has 0 saturated heterocycles. The Hall–Kier alpha value is -0.740. The summed E-state index contributed by atoms with van der Waals surface area (Å²) in [7, 11) is 0. The first-order valence-electron chi connectivity index (χ1n) is 6.04. The van der Waals surface area contributed by atoms with Gasteiger partial charge in [0.25, 0.3) is 0 Å². The van der Waals surface area contributed by atoms with Crippen LogP contribution in [0.4, 0.5) is 0 Å². The third kappa shape index (κ3) is 3.13. The molecular formula is C13H18BrNO2. The zero-order valence-corrected chi connectivity index (χ0v) is 11.6. The van der Waals surface area contributed by atoms with Crippen molar-refractivity contribution in [3.63, 3.8) is 0 Å². The van der Waals surface area contributed by atoms with Crippen molar-refractivity contribution in [2.75, 3.05) is 13.2 Å². The lowest BCUT2D eigenvalue weighted by atomic mass is 10.0. The highest BCUT2D eigenvalue weighted by molar-refractivity contribution is 9.10. The molecule has 2 rings (SSSR count). The van der Waals surface area contributed by atoms with Crippen molar-refractivity contribution in [1.29, 1.82) is 0 Å². The van der Waals surface area contributed by atoms with Gasteiger partial charge in [-0.3, -0.25) is 0 Å². The van der Waals surface area contributed by atoms with Crippen LogP contribution >= 0.6 is 15.9 Å². The van der Waals surface area contributed by atoms with Gasteiger partial charge in [-0.2, -0.15) is 0 Å². The van der Waals surface area contributed by atoms with E-state index in [0.29, 0.717) is 13.2 Å². The van der Waals surface area contributed by atoms with E-state index in [1.54, 1.807) is 0 Å². The minimum atomic E-state index is 0.201. The van der Waals surface area contributed by atoms with Crippen LogP contribution in [-0.2, 0) is 6.42 Å². The fourth-order valence-electron chi connectivity index (χ4n) is 1.85. The zero-order valence-electron chi connectivity index (χ0n) is 10.0. The molecule has 17 heavy (non-hydrogen) atoms. The number of hydrogen-bond donors (Lipinski definition) is 1. The molecule has 1 atom stereocenters. The van der Waals surface area contributed by atoms with Gasteiger partial charge in [0.05, 0.1) is 17.7 Å². The van der Waals surface area contributed by atoms with Gasteiger partial charge in [-0.15, -0.1) is 0 Å². The van der Waals surface area contributed by atoms with Gasteiger partial charge in [0.1, 0.15) is 0 Å². The second-order valence-electron chi connectivity index (χ2n) is 4.33. The first-order valence-corrected chi connectivity index (χ1v) is 6.83. The highest BCUT2D eigenvalue weighted by Gasteiger charge is 2.15. The molecule has 0 spiro atoms. The maximum Gasteiger partial charge on any atom is 0.175 e. The first kappa shape index (κ1) is 12.7. The van der Waals surface area contributed by atoms with E-state index in [4.69, 9.17) is 15.2 Å². The first-order chi connectivity index (χ1) is 8.20. The van der Waals surface area contributed by atoms with Crippen molar-refractivity contribution >= 4 is 15.9 Å². The van der Waals surface area contributed by atoms with Crippen LogP contribution < -0.4 is 15.2 Å². The Morgan fingerprint density at radius 3 is 2.88 bits per heavy atom. The van der Waals surface area contributed by atoms with E-state index in [0.717, 1.165) is 35.2 Å². The molecule has 0 aliphatic carbocycles. The molecule has 1 unspecified atom stereocenters. The Morgan fingerprint density at radius 2 is 2.12 bits per heavy atom. The summed E-state index contributed by atoms with van der Waals surface area (Å²) in [5.41, 5.74) is 7.16. The number of benzene rings is 1. The second-order valence-corrected chi connectivity index (χ2v) is 5.18. The summed E-state index contributed by atoms with van der Waals surface area (Å²) in [6.07, 6.45) is 2.77. The minimum absolute atomic E-state index is 0.201. The predicted molar refractivity (Wildman–Crippen MR) is 71.7 cm³/mol. The molecule has 0 aromatic heterocycles. The van der Waals surface area contributed by atoms with Crippen LogP contribution in [-0.4, -0.2) is 19.3 Å². The second kappa shape index (κ2) is 5.74. The molecule has 0 fully saturated rings. The van der Waals surface area contributed by atoms with Gasteiger partial charge in [-0.05, 0) is 46.5 Å². The molecule has 1 aromatic carbocycles. The standard InChI is InChI=1S/C13H18BrNO2/c1-2-10(15)6-9-7-11(14)13-12(8-9)16-4-3-5-17-13/h7-8,10H,2-6,15H2,1H3. The lowest BCUT2D eigenvalue weighted by Crippen LogP contribution is -2.21. The molecule has 0 amide bonds. The Kier molecular flexibility index (Phi) is 4.29. The van der Waals surface area contributed by atoms with Crippen LogP contribution in [0.2, 0.25) is 0 Å². The number of ether oxygens (including phenoxy) is 2. The van der Waals surface area contributed by atoms with E-state index in [2.05, 4.69) is 28.9 Å². The SMILES string of the molecule is CCC(N)Cc1cc(Br)c2c(c1)OCCCO2. The maximum absolute atomic E-state index is 5.97. The fraction of sp³-hybridized carbons (Fsp3) is 0.538. The van der Waals surface area contributed by atoms with E-state index >= 15 is 0 Å². The van der Waals surface area contributed by atoms with Gasteiger partial charge in [0.2, 0.25) is 0 Å². The lowest BCUT2D eigenvalue weighted by Gasteiger charge is -2.14. The number of nitrogens with two attached hydrogens (primary N) is 1. The van der Waals surface area contributed by atoms with Gasteiger partial charge in [-0.25, -0.2) is 0 Å². The quantitative estimate of drug-likeness (QED) is 0.933. The smallest absolute Gasteiger partial charge is 0.175 e. The summed E-state index contributed by atoms with van der Waals surface area (Å²) < 4.78 is 12.3. The molecule has 0 radical (unpaired) electrons. The summed E-state index contributed by atoms with van der Waals surface area (Å²) >= 11 is 3.53. The van der Waals surface area contributed by atoms with Crippen molar-refractivity contribution < 1.29 is 9.47 Å². The van der Waals surface area contributed by atoms with E-state index < -0.39 is 0 Å². The average Bonchev–Trinajstić information content (AvgIpc) is 2.54. The molecule has 1 heterocycles. The molecular weight excluding hydrogens is 282 g/mol. The predicted octanol–water partition coefficient (Wildman–Crippen LogP) is 2.89. The van der Waals surface area contributed by atoms with Crippen molar-refractivity contribution in [2.45, 2.75) is 32.2 Å². The van der Waals surface area contributed by atoms with Crippen LogP contribution in [0.5, 0.6) is 11.5 Å². The normalized spacial score (nSPS) is 16.4. The summed E-state index contributed by atoms with van der Waals surface area (Å²) in [5.74, 6) is 1.64. The molecule has 0 bridgehead atoms. The van der Waals surface area contributed by atoms with Crippen LogP contribution in [0.25, 0.3) is 0 Å². The molecule has 3 nitrogen and oxygen atoms in total. The Balaban J connectivity index is 2.25. The number of hydrogen-bond acceptors (Lipinski definition) is 3. The molecule has 1 aromatic rings. The number of halogens is 1. The molecule has 1 aliphatic heterocycles. The summed E-state index contributed by atoms with van der Waals surface area (Å²) in [4.78, 5) is 0. The van der Waals surface area contributed by atoms with Gasteiger partial charge < -0.3 is 15.2 Å². The van der Waals surface area contributed by atoms with Crippen molar-refractivity contribution in [3.8, 4) is 11.5 Å². The highest BCUT2D eigenvalue weighted by atomic mass is 79.9. The Labute approximate surface area is 110 Å². The minimum Gasteiger partial charge on any atom is -0.490 e. The largest absolute Gasteiger partial charge is 0.490 e. The lowest BCUT2D eigenvalue weighted by molar-refractivity contribution is 0.296. The Morgan fingerprint density at radius 1 is 1.35 bits per heavy atom. The molecule has 0 saturated carbocycles. The summed E-state index contributed by atoms with van der Waals surface area (Å²) in [6.45, 7) is 3.52. The van der Waals surface area contributed by atoms with Crippen LogP contribution in [0, 0.1) is 0 Å². The Bertz CT molecular complexity index is 395. The number of rotatable bonds is 3. The van der Waals surface area contributed by atoms with E-state index in [9.17, 15) is 0 Å². The van der Waals surface area contributed by atoms with Crippen LogP contribution in [0.15, 0.2) is 16.6 Å². The highest BCUT2D eigenvalue weighted by Crippen LogP contribution is 2.38. The topological polar surface area (TPSA) is 44.5 Å². The monoisotopic (exact) mass is 299 g/mol. The van der Waals surface area contributed by atoms with E-state index in [1.165, 1.54) is 5.56 Å². The van der Waals surface area contributed by atoms with Crippen LogP contribution in [0.3, 0.4) is 0 Å². The van der Waals surface area contributed by atoms with Gasteiger partial charge in [0.15, 0.2) is 11.5 Å². The maximum atomic E-state index is 5.97. The van der Waals surface area contributed by atoms with E-state index in [-0.39, 0.29) is 6.04 Å². The molecule has 4 heteroatoms. The van der Waals surface area contributed by atoms with Gasteiger partial charge >= 0.3 is 0 Å². The number of fused-ring (bicyclic) bond motifs is 1. The van der Waals surface area contributed by atoms with Gasteiger partial charge in [-0.1, -0.05) is 6.92 Å². The average molecular weight is 300 g/mol. The molecule has 94 valence electrons. The van der Waals surface area contributed by atoms with E-state index in [1.807, 2.05) is 6.07 Å². The fourth-order valence-corrected chi connectivity index (χ4v) is 2.45. The van der Waals surface area contributed by atoms with Crippen molar-refractivity contribution in [3.05, 3.63) is 22.2 Å².